The molecule has 0 heterocycles. The van der Waals surface area contributed by atoms with Crippen molar-refractivity contribution in [3.8, 4) is 17.2 Å². The Labute approximate surface area is 136 Å². The van der Waals surface area contributed by atoms with Gasteiger partial charge in [0.05, 0.1) is 6.61 Å². The van der Waals surface area contributed by atoms with E-state index in [-0.39, 0.29) is 34.5 Å². The second-order valence-electron chi connectivity index (χ2n) is 7.21. The van der Waals surface area contributed by atoms with Gasteiger partial charge in [0.25, 0.3) is 0 Å². The van der Waals surface area contributed by atoms with Gasteiger partial charge < -0.3 is 19.7 Å². The van der Waals surface area contributed by atoms with Gasteiger partial charge >= 0.3 is 0 Å². The molecule has 1 unspecified atom stereocenters. The van der Waals surface area contributed by atoms with Gasteiger partial charge in [0, 0.05) is 43.1 Å². The molecule has 1 aromatic rings. The topological polar surface area (TPSA) is 76.0 Å². The van der Waals surface area contributed by atoms with Crippen molar-refractivity contribution in [1.29, 1.82) is 0 Å². The molecule has 0 spiro atoms. The molecule has 3 saturated carbocycles. The van der Waals surface area contributed by atoms with Crippen molar-refractivity contribution in [3.63, 3.8) is 0 Å². The number of Topliss-reactive ketones (excluding diaryl/α,β-unsaturated/α-hetero) is 1. The number of ether oxygens (including phenoxy) is 2. The van der Waals surface area contributed by atoms with Crippen molar-refractivity contribution < 1.29 is 24.5 Å². The van der Waals surface area contributed by atoms with Crippen LogP contribution < -0.4 is 4.74 Å². The van der Waals surface area contributed by atoms with Gasteiger partial charge in [-0.2, -0.15) is 0 Å². The fourth-order valence-electron chi connectivity index (χ4n) is 4.30. The van der Waals surface area contributed by atoms with Crippen molar-refractivity contribution in [3.05, 3.63) is 17.7 Å². The average molecular weight is 320 g/mol. The lowest BCUT2D eigenvalue weighted by Gasteiger charge is -2.59. The third-order valence-electron chi connectivity index (χ3n) is 5.68. The second-order valence-corrected chi connectivity index (χ2v) is 7.21. The first kappa shape index (κ1) is 16.1. The van der Waals surface area contributed by atoms with E-state index in [2.05, 4.69) is 13.8 Å². The quantitative estimate of drug-likeness (QED) is 0.816. The number of fused-ring (bicyclic) bond motifs is 2. The van der Waals surface area contributed by atoms with E-state index in [4.69, 9.17) is 9.47 Å². The molecule has 1 aromatic carbocycles. The fourth-order valence-corrected chi connectivity index (χ4v) is 4.30. The maximum Gasteiger partial charge on any atom is 0.137 e. The molecule has 0 amide bonds. The summed E-state index contributed by atoms with van der Waals surface area (Å²) in [5.41, 5.74) is 0.417. The molecule has 5 nitrogen and oxygen atoms in total. The van der Waals surface area contributed by atoms with Gasteiger partial charge in [-0.1, -0.05) is 13.8 Å². The molecule has 0 aromatic heterocycles. The summed E-state index contributed by atoms with van der Waals surface area (Å²) in [7, 11) is 1.58. The molecule has 2 N–H and O–H groups in total. The second kappa shape index (κ2) is 5.71. The van der Waals surface area contributed by atoms with Gasteiger partial charge in [0.15, 0.2) is 0 Å². The normalized spacial score (nSPS) is 28.3. The molecule has 0 aliphatic heterocycles. The van der Waals surface area contributed by atoms with Crippen LogP contribution in [0.3, 0.4) is 0 Å². The number of ketones is 1. The Morgan fingerprint density at radius 1 is 1.22 bits per heavy atom. The van der Waals surface area contributed by atoms with Gasteiger partial charge in [-0.05, 0) is 17.8 Å². The fraction of sp³-hybridized carbons (Fsp3) is 0.611. The van der Waals surface area contributed by atoms with E-state index < -0.39 is 0 Å². The van der Waals surface area contributed by atoms with Crippen LogP contribution in [-0.2, 0) is 9.53 Å². The number of rotatable bonds is 5. The standard InChI is InChI=1S/C18H24O5/c1-18(2)12-9-13(18)14(19)8-11(12)17-15(20)6-10(7-16(17)21)23-5-4-22-3/h6-7,11-13,20-21H,4-5,8-9H2,1-3H3/t11-,12-,13?/m1/s1. The molecular weight excluding hydrogens is 296 g/mol. The number of aromatic hydroxyl groups is 2. The lowest BCUT2D eigenvalue weighted by Crippen LogP contribution is -2.56. The molecule has 3 atom stereocenters. The summed E-state index contributed by atoms with van der Waals surface area (Å²) in [6.45, 7) is 4.98. The van der Waals surface area contributed by atoms with Crippen LogP contribution in [0, 0.1) is 17.3 Å². The predicted octanol–water partition coefficient (Wildman–Crippen LogP) is 2.84. The van der Waals surface area contributed by atoms with E-state index in [1.807, 2.05) is 0 Å². The first-order valence-corrected chi connectivity index (χ1v) is 8.06. The highest BCUT2D eigenvalue weighted by molar-refractivity contribution is 5.86. The summed E-state index contributed by atoms with van der Waals surface area (Å²) in [4.78, 5) is 12.3. The Morgan fingerprint density at radius 3 is 2.39 bits per heavy atom. The van der Waals surface area contributed by atoms with Crippen molar-refractivity contribution >= 4 is 5.78 Å². The van der Waals surface area contributed by atoms with Crippen molar-refractivity contribution in [2.24, 2.45) is 17.3 Å². The first-order chi connectivity index (χ1) is 10.9. The third kappa shape index (κ3) is 2.57. The van der Waals surface area contributed by atoms with Crippen LogP contribution in [0.15, 0.2) is 12.1 Å². The molecule has 3 aliphatic carbocycles. The maximum atomic E-state index is 12.3. The van der Waals surface area contributed by atoms with E-state index in [0.717, 1.165) is 6.42 Å². The SMILES string of the molecule is COCCOc1cc(O)c([C@@H]2CC(=O)C3C[C@H]2C3(C)C)c(O)c1. The summed E-state index contributed by atoms with van der Waals surface area (Å²) >= 11 is 0. The van der Waals surface area contributed by atoms with Crippen LogP contribution in [0.25, 0.3) is 0 Å². The van der Waals surface area contributed by atoms with Crippen LogP contribution in [-0.4, -0.2) is 36.3 Å². The molecule has 3 fully saturated rings. The lowest BCUT2D eigenvalue weighted by molar-refractivity contribution is -0.151. The first-order valence-electron chi connectivity index (χ1n) is 8.06. The number of phenolic OH excluding ortho intramolecular Hbond substituents is 2. The van der Waals surface area contributed by atoms with E-state index in [9.17, 15) is 15.0 Å². The van der Waals surface area contributed by atoms with Gasteiger partial charge in [-0.15, -0.1) is 0 Å². The minimum absolute atomic E-state index is 0.00336. The molecule has 5 heteroatoms. The number of hydrogen-bond acceptors (Lipinski definition) is 5. The Bertz CT molecular complexity index is 599. The highest BCUT2D eigenvalue weighted by atomic mass is 16.5. The predicted molar refractivity (Wildman–Crippen MR) is 84.9 cm³/mol. The van der Waals surface area contributed by atoms with Gasteiger partial charge in [0.2, 0.25) is 0 Å². The lowest BCUT2D eigenvalue weighted by atomic mass is 9.44. The van der Waals surface area contributed by atoms with E-state index in [1.54, 1.807) is 7.11 Å². The zero-order chi connectivity index (χ0) is 16.8. The molecule has 3 aliphatic rings. The smallest absolute Gasteiger partial charge is 0.137 e. The maximum absolute atomic E-state index is 12.3. The average Bonchev–Trinajstić information content (AvgIpc) is 2.45. The minimum Gasteiger partial charge on any atom is -0.507 e. The molecule has 0 radical (unpaired) electrons. The van der Waals surface area contributed by atoms with Crippen LogP contribution in [0.4, 0.5) is 0 Å². The largest absolute Gasteiger partial charge is 0.507 e. The Kier molecular flexibility index (Phi) is 4.00. The highest BCUT2D eigenvalue weighted by Gasteiger charge is 2.59. The number of carbonyl (C=O) groups is 1. The van der Waals surface area contributed by atoms with Gasteiger partial charge in [0.1, 0.15) is 29.6 Å². The van der Waals surface area contributed by atoms with Gasteiger partial charge in [-0.3, -0.25) is 4.79 Å². The summed E-state index contributed by atoms with van der Waals surface area (Å²) in [5.74, 6) is 0.936. The van der Waals surface area contributed by atoms with Crippen molar-refractivity contribution in [2.45, 2.75) is 32.6 Å². The van der Waals surface area contributed by atoms with E-state index in [1.165, 1.54) is 12.1 Å². The van der Waals surface area contributed by atoms with E-state index >= 15 is 0 Å². The Hall–Kier alpha value is -1.75. The van der Waals surface area contributed by atoms with Crippen LogP contribution in [0.1, 0.15) is 38.2 Å². The zero-order valence-corrected chi connectivity index (χ0v) is 13.8. The Morgan fingerprint density at radius 2 is 1.87 bits per heavy atom. The molecule has 23 heavy (non-hydrogen) atoms. The monoisotopic (exact) mass is 320 g/mol. The summed E-state index contributed by atoms with van der Waals surface area (Å²) < 4.78 is 10.3. The number of hydrogen-bond donors (Lipinski definition) is 2. The van der Waals surface area contributed by atoms with Gasteiger partial charge in [-0.25, -0.2) is 0 Å². The molecule has 4 rings (SSSR count). The van der Waals surface area contributed by atoms with Crippen LogP contribution in [0.5, 0.6) is 17.2 Å². The molecule has 2 bridgehead atoms. The highest BCUT2D eigenvalue weighted by Crippen LogP contribution is 2.64. The molecule has 0 saturated heterocycles. The third-order valence-corrected chi connectivity index (χ3v) is 5.68. The summed E-state index contributed by atoms with van der Waals surface area (Å²) in [6, 6.07) is 3.01. The molecular formula is C18H24O5. The van der Waals surface area contributed by atoms with Crippen LogP contribution in [0.2, 0.25) is 0 Å². The molecule has 126 valence electrons. The van der Waals surface area contributed by atoms with Crippen molar-refractivity contribution in [1.82, 2.24) is 0 Å². The van der Waals surface area contributed by atoms with E-state index in [0.29, 0.717) is 36.9 Å². The van der Waals surface area contributed by atoms with Crippen molar-refractivity contribution in [2.75, 3.05) is 20.3 Å². The minimum atomic E-state index is -0.129. The Balaban J connectivity index is 1.87. The summed E-state index contributed by atoms with van der Waals surface area (Å²) in [5, 5.41) is 20.8. The number of benzene rings is 1. The number of phenols is 2. The zero-order valence-electron chi connectivity index (χ0n) is 13.8. The van der Waals surface area contributed by atoms with Crippen LogP contribution >= 0.6 is 0 Å². The summed E-state index contributed by atoms with van der Waals surface area (Å²) in [6.07, 6.45) is 1.24. The number of methoxy groups -OCH3 is 1. The number of carbonyl (C=O) groups excluding carboxylic acids is 1.